The van der Waals surface area contributed by atoms with Crippen molar-refractivity contribution in [2.24, 2.45) is 0 Å². The number of benzene rings is 1. The van der Waals surface area contributed by atoms with Crippen molar-refractivity contribution >= 4 is 21.4 Å². The normalized spacial score (nSPS) is 19.6. The number of carbonyl (C=O) groups excluding carboxylic acids is 1. The molecule has 1 N–H and O–H groups in total. The van der Waals surface area contributed by atoms with Crippen LogP contribution in [-0.2, 0) is 14.6 Å². The summed E-state index contributed by atoms with van der Waals surface area (Å²) in [4.78, 5) is 13.7. The van der Waals surface area contributed by atoms with Crippen LogP contribution >= 0.6 is 0 Å². The number of amides is 1. The Balaban J connectivity index is 1.77. The molecule has 7 heteroatoms. The highest BCUT2D eigenvalue weighted by Gasteiger charge is 2.32. The molecular formula is C15H22N2O4S. The molecule has 0 aliphatic carbocycles. The molecule has 0 radical (unpaired) electrons. The first-order valence-corrected chi connectivity index (χ1v) is 9.07. The van der Waals surface area contributed by atoms with Crippen molar-refractivity contribution in [3.63, 3.8) is 0 Å². The number of ether oxygens (including phenoxy) is 1. The van der Waals surface area contributed by atoms with Crippen molar-refractivity contribution < 1.29 is 17.9 Å². The molecule has 1 saturated heterocycles. The maximum Gasteiger partial charge on any atom is 0.224 e. The highest BCUT2D eigenvalue weighted by atomic mass is 32.2. The lowest BCUT2D eigenvalue weighted by molar-refractivity contribution is -0.131. The second-order valence-electron chi connectivity index (χ2n) is 5.47. The number of nitrogens with one attached hydrogen (secondary N) is 1. The first kappa shape index (κ1) is 16.6. The van der Waals surface area contributed by atoms with Crippen LogP contribution in [0.1, 0.15) is 12.8 Å². The molecule has 0 bridgehead atoms. The van der Waals surface area contributed by atoms with Crippen LogP contribution in [0.4, 0.5) is 5.69 Å². The summed E-state index contributed by atoms with van der Waals surface area (Å²) in [5.41, 5.74) is 0.916. The molecule has 1 fully saturated rings. The molecular weight excluding hydrogens is 304 g/mol. The van der Waals surface area contributed by atoms with Gasteiger partial charge in [-0.2, -0.15) is 0 Å². The first-order valence-electron chi connectivity index (χ1n) is 7.25. The Bertz CT molecular complexity index is 613. The fourth-order valence-electron chi connectivity index (χ4n) is 2.48. The van der Waals surface area contributed by atoms with E-state index in [0.717, 1.165) is 11.4 Å². The quantitative estimate of drug-likeness (QED) is 0.848. The lowest BCUT2D eigenvalue weighted by atomic mass is 10.2. The minimum atomic E-state index is -2.97. The largest absolute Gasteiger partial charge is 0.497 e. The van der Waals surface area contributed by atoms with E-state index in [1.165, 1.54) is 0 Å². The zero-order valence-electron chi connectivity index (χ0n) is 12.9. The summed E-state index contributed by atoms with van der Waals surface area (Å²) in [6.07, 6.45) is 0.871. The van der Waals surface area contributed by atoms with Crippen LogP contribution in [0.5, 0.6) is 5.75 Å². The van der Waals surface area contributed by atoms with Crippen molar-refractivity contribution in [1.29, 1.82) is 0 Å². The van der Waals surface area contributed by atoms with Gasteiger partial charge in [0.2, 0.25) is 5.91 Å². The lowest BCUT2D eigenvalue weighted by Crippen LogP contribution is -2.38. The molecule has 122 valence electrons. The Morgan fingerprint density at radius 2 is 2.05 bits per heavy atom. The molecule has 1 unspecified atom stereocenters. The maximum atomic E-state index is 12.1. The minimum absolute atomic E-state index is 0.0388. The van der Waals surface area contributed by atoms with Gasteiger partial charge in [-0.1, -0.05) is 0 Å². The molecule has 0 spiro atoms. The van der Waals surface area contributed by atoms with Gasteiger partial charge >= 0.3 is 0 Å². The number of sulfone groups is 1. The zero-order valence-corrected chi connectivity index (χ0v) is 13.7. The molecule has 0 aromatic heterocycles. The van der Waals surface area contributed by atoms with E-state index < -0.39 is 9.84 Å². The fourth-order valence-corrected chi connectivity index (χ4v) is 4.26. The van der Waals surface area contributed by atoms with E-state index in [9.17, 15) is 13.2 Å². The van der Waals surface area contributed by atoms with Gasteiger partial charge in [0.25, 0.3) is 0 Å². The van der Waals surface area contributed by atoms with Gasteiger partial charge in [0.05, 0.1) is 18.6 Å². The van der Waals surface area contributed by atoms with Crippen LogP contribution in [-0.4, -0.2) is 57.5 Å². The Kier molecular flexibility index (Phi) is 5.28. The average Bonchev–Trinajstić information content (AvgIpc) is 2.87. The van der Waals surface area contributed by atoms with Gasteiger partial charge in [-0.15, -0.1) is 0 Å². The van der Waals surface area contributed by atoms with E-state index >= 15 is 0 Å². The van der Waals surface area contributed by atoms with Crippen molar-refractivity contribution in [3.05, 3.63) is 24.3 Å². The van der Waals surface area contributed by atoms with Crippen LogP contribution in [0.25, 0.3) is 0 Å². The number of methoxy groups -OCH3 is 1. The summed E-state index contributed by atoms with van der Waals surface area (Å²) in [5.74, 6) is 1.01. The van der Waals surface area contributed by atoms with Crippen LogP contribution in [0, 0.1) is 0 Å². The number of rotatable bonds is 6. The predicted octanol–water partition coefficient (Wildman–Crippen LogP) is 1.14. The van der Waals surface area contributed by atoms with E-state index in [-0.39, 0.29) is 23.5 Å². The van der Waals surface area contributed by atoms with Gasteiger partial charge in [0, 0.05) is 31.7 Å². The monoisotopic (exact) mass is 326 g/mol. The fraction of sp³-hybridized carbons (Fsp3) is 0.533. The average molecular weight is 326 g/mol. The molecule has 2 rings (SSSR count). The van der Waals surface area contributed by atoms with Gasteiger partial charge in [0.15, 0.2) is 9.84 Å². The highest BCUT2D eigenvalue weighted by molar-refractivity contribution is 7.91. The Labute approximate surface area is 131 Å². The molecule has 1 aliphatic rings. The molecule has 1 amide bonds. The number of hydrogen-bond donors (Lipinski definition) is 1. The standard InChI is InChI=1S/C15H22N2O4S/c1-17(13-8-10-22(19,20)11-13)15(18)7-9-16-12-3-5-14(21-2)6-4-12/h3-6,13,16H,7-11H2,1-2H3. The van der Waals surface area contributed by atoms with Crippen molar-refractivity contribution in [1.82, 2.24) is 4.90 Å². The van der Waals surface area contributed by atoms with E-state index in [1.54, 1.807) is 19.1 Å². The van der Waals surface area contributed by atoms with E-state index in [1.807, 2.05) is 24.3 Å². The number of carbonyl (C=O) groups is 1. The molecule has 22 heavy (non-hydrogen) atoms. The predicted molar refractivity (Wildman–Crippen MR) is 85.9 cm³/mol. The van der Waals surface area contributed by atoms with Gasteiger partial charge in [-0.25, -0.2) is 8.42 Å². The van der Waals surface area contributed by atoms with Crippen LogP contribution in [0.15, 0.2) is 24.3 Å². The summed E-state index contributed by atoms with van der Waals surface area (Å²) in [6, 6.07) is 7.28. The van der Waals surface area contributed by atoms with Gasteiger partial charge in [-0.3, -0.25) is 4.79 Å². The molecule has 1 heterocycles. The van der Waals surface area contributed by atoms with Crippen molar-refractivity contribution in [2.45, 2.75) is 18.9 Å². The van der Waals surface area contributed by atoms with Gasteiger partial charge in [-0.05, 0) is 30.7 Å². The Morgan fingerprint density at radius 1 is 1.36 bits per heavy atom. The van der Waals surface area contributed by atoms with Crippen LogP contribution in [0.3, 0.4) is 0 Å². The third kappa shape index (κ3) is 4.37. The van der Waals surface area contributed by atoms with E-state index in [4.69, 9.17) is 4.74 Å². The maximum absolute atomic E-state index is 12.1. The summed E-state index contributed by atoms with van der Waals surface area (Å²) >= 11 is 0. The summed E-state index contributed by atoms with van der Waals surface area (Å²) in [5, 5.41) is 3.17. The molecule has 6 nitrogen and oxygen atoms in total. The van der Waals surface area contributed by atoms with Crippen LogP contribution in [0.2, 0.25) is 0 Å². The number of hydrogen-bond acceptors (Lipinski definition) is 5. The number of nitrogens with zero attached hydrogens (tertiary/aromatic N) is 1. The van der Waals surface area contributed by atoms with E-state index in [2.05, 4.69) is 5.32 Å². The van der Waals surface area contributed by atoms with Gasteiger partial charge in [0.1, 0.15) is 5.75 Å². The molecule has 1 aromatic rings. The number of anilines is 1. The smallest absolute Gasteiger partial charge is 0.224 e. The van der Waals surface area contributed by atoms with E-state index in [0.29, 0.717) is 19.4 Å². The van der Waals surface area contributed by atoms with Gasteiger partial charge < -0.3 is 15.0 Å². The van der Waals surface area contributed by atoms with Crippen molar-refractivity contribution in [3.8, 4) is 5.75 Å². The molecule has 0 saturated carbocycles. The molecule has 1 atom stereocenters. The van der Waals surface area contributed by atoms with Crippen LogP contribution < -0.4 is 10.1 Å². The Morgan fingerprint density at radius 3 is 2.59 bits per heavy atom. The minimum Gasteiger partial charge on any atom is -0.497 e. The molecule has 1 aromatic carbocycles. The third-order valence-electron chi connectivity index (χ3n) is 3.91. The topological polar surface area (TPSA) is 75.7 Å². The third-order valence-corrected chi connectivity index (χ3v) is 5.66. The SMILES string of the molecule is COc1ccc(NCCC(=O)N(C)C2CCS(=O)(=O)C2)cc1. The summed E-state index contributed by atoms with van der Waals surface area (Å²) in [6.45, 7) is 0.509. The zero-order chi connectivity index (χ0) is 16.2. The second kappa shape index (κ2) is 7.00. The molecule has 1 aliphatic heterocycles. The second-order valence-corrected chi connectivity index (χ2v) is 7.70. The Hall–Kier alpha value is -1.76. The lowest BCUT2D eigenvalue weighted by Gasteiger charge is -2.23. The summed E-state index contributed by atoms with van der Waals surface area (Å²) < 4.78 is 28.0. The summed E-state index contributed by atoms with van der Waals surface area (Å²) in [7, 11) is 0.328. The first-order chi connectivity index (χ1) is 10.4. The highest BCUT2D eigenvalue weighted by Crippen LogP contribution is 2.18. The van der Waals surface area contributed by atoms with Crippen molar-refractivity contribution in [2.75, 3.05) is 37.5 Å².